The number of anilines is 1. The highest BCUT2D eigenvalue weighted by Crippen LogP contribution is 2.39. The van der Waals surface area contributed by atoms with Crippen molar-refractivity contribution in [3.8, 4) is 0 Å². The van der Waals surface area contributed by atoms with Crippen LogP contribution in [0.1, 0.15) is 18.7 Å². The van der Waals surface area contributed by atoms with Gasteiger partial charge in [0, 0.05) is 18.1 Å². The molecule has 0 aliphatic heterocycles. The van der Waals surface area contributed by atoms with E-state index in [0.29, 0.717) is 18.1 Å². The van der Waals surface area contributed by atoms with Gasteiger partial charge < -0.3 is 11.1 Å². The lowest BCUT2D eigenvalue weighted by atomic mass is 10.3. The molecule has 1 heterocycles. The molecule has 0 atom stereocenters. The van der Waals surface area contributed by atoms with Gasteiger partial charge in [0.05, 0.1) is 5.54 Å². The summed E-state index contributed by atoms with van der Waals surface area (Å²) in [6.07, 6.45) is -2.75. The molecule has 0 radical (unpaired) electrons. The molecular formula is C7H9F3N4S. The SMILES string of the molecule is NCC1(Nc2nc(C(F)(F)F)ns2)CC1. The fraction of sp³-hybridized carbons (Fsp3) is 0.714. The van der Waals surface area contributed by atoms with Crippen LogP contribution in [0, 0.1) is 0 Å². The Bertz CT molecular complexity index is 357. The Labute approximate surface area is 87.9 Å². The maximum atomic E-state index is 12.2. The van der Waals surface area contributed by atoms with Crippen LogP contribution in [0.15, 0.2) is 0 Å². The second-order valence-electron chi connectivity index (χ2n) is 3.53. The summed E-state index contributed by atoms with van der Waals surface area (Å²) in [5.74, 6) is -1.09. The van der Waals surface area contributed by atoms with Crippen LogP contribution in [-0.4, -0.2) is 21.4 Å². The van der Waals surface area contributed by atoms with Gasteiger partial charge in [-0.25, -0.2) is 0 Å². The van der Waals surface area contributed by atoms with Gasteiger partial charge in [-0.05, 0) is 12.8 Å². The van der Waals surface area contributed by atoms with Crippen molar-refractivity contribution in [3.63, 3.8) is 0 Å². The third kappa shape index (κ3) is 2.20. The molecule has 8 heteroatoms. The topological polar surface area (TPSA) is 63.8 Å². The maximum absolute atomic E-state index is 12.2. The van der Waals surface area contributed by atoms with Gasteiger partial charge in [0.25, 0.3) is 0 Å². The van der Waals surface area contributed by atoms with E-state index in [1.807, 2.05) is 0 Å². The lowest BCUT2D eigenvalue weighted by Gasteiger charge is -2.12. The van der Waals surface area contributed by atoms with Crippen LogP contribution < -0.4 is 11.1 Å². The predicted molar refractivity (Wildman–Crippen MR) is 49.6 cm³/mol. The number of rotatable bonds is 3. The second kappa shape index (κ2) is 3.31. The molecule has 0 unspecified atom stereocenters. The molecule has 1 saturated carbocycles. The minimum Gasteiger partial charge on any atom is -0.354 e. The quantitative estimate of drug-likeness (QED) is 0.836. The van der Waals surface area contributed by atoms with Crippen LogP contribution in [0.25, 0.3) is 0 Å². The largest absolute Gasteiger partial charge is 0.452 e. The van der Waals surface area contributed by atoms with E-state index in [4.69, 9.17) is 5.73 Å². The van der Waals surface area contributed by atoms with Gasteiger partial charge in [-0.1, -0.05) is 0 Å². The summed E-state index contributed by atoms with van der Waals surface area (Å²) in [6.45, 7) is 0.397. The molecule has 15 heavy (non-hydrogen) atoms. The molecule has 4 nitrogen and oxygen atoms in total. The lowest BCUT2D eigenvalue weighted by Crippen LogP contribution is -2.30. The van der Waals surface area contributed by atoms with Crippen LogP contribution >= 0.6 is 11.5 Å². The number of aromatic nitrogens is 2. The number of nitrogens with two attached hydrogens (primary N) is 1. The highest BCUT2D eigenvalue weighted by molar-refractivity contribution is 7.09. The summed E-state index contributed by atoms with van der Waals surface area (Å²) in [5, 5.41) is 3.08. The van der Waals surface area contributed by atoms with Crippen molar-refractivity contribution in [2.75, 3.05) is 11.9 Å². The van der Waals surface area contributed by atoms with Gasteiger partial charge in [-0.15, -0.1) is 0 Å². The molecule has 0 amide bonds. The minimum absolute atomic E-state index is 0.185. The fourth-order valence-electron chi connectivity index (χ4n) is 1.15. The zero-order valence-corrected chi connectivity index (χ0v) is 8.45. The first-order valence-electron chi connectivity index (χ1n) is 4.34. The summed E-state index contributed by atoms with van der Waals surface area (Å²) in [6, 6.07) is 0. The molecular weight excluding hydrogens is 229 g/mol. The summed E-state index contributed by atoms with van der Waals surface area (Å²) in [4.78, 5) is 3.37. The van der Waals surface area contributed by atoms with Gasteiger partial charge in [-0.2, -0.15) is 22.5 Å². The van der Waals surface area contributed by atoms with E-state index < -0.39 is 12.0 Å². The molecule has 0 bridgehead atoms. The van der Waals surface area contributed by atoms with E-state index in [-0.39, 0.29) is 10.7 Å². The van der Waals surface area contributed by atoms with Crippen molar-refractivity contribution in [2.24, 2.45) is 5.73 Å². The van der Waals surface area contributed by atoms with Gasteiger partial charge in [0.1, 0.15) is 0 Å². The third-order valence-electron chi connectivity index (χ3n) is 2.30. The van der Waals surface area contributed by atoms with Crippen molar-refractivity contribution in [2.45, 2.75) is 24.6 Å². The van der Waals surface area contributed by atoms with E-state index in [1.54, 1.807) is 0 Å². The molecule has 1 aliphatic carbocycles. The molecule has 1 aromatic rings. The average Bonchev–Trinajstić information content (AvgIpc) is 2.73. The zero-order chi connectivity index (χ0) is 11.1. The molecule has 1 aliphatic rings. The molecule has 1 aromatic heterocycles. The van der Waals surface area contributed by atoms with Crippen molar-refractivity contribution in [3.05, 3.63) is 5.82 Å². The summed E-state index contributed by atoms with van der Waals surface area (Å²) < 4.78 is 39.7. The molecule has 1 fully saturated rings. The lowest BCUT2D eigenvalue weighted by molar-refractivity contribution is -0.144. The molecule has 0 spiro atoms. The maximum Gasteiger partial charge on any atom is 0.452 e. The monoisotopic (exact) mass is 238 g/mol. The van der Waals surface area contributed by atoms with Gasteiger partial charge >= 0.3 is 6.18 Å². The zero-order valence-electron chi connectivity index (χ0n) is 7.64. The van der Waals surface area contributed by atoms with E-state index in [0.717, 1.165) is 12.8 Å². The van der Waals surface area contributed by atoms with Crippen molar-refractivity contribution in [1.82, 2.24) is 9.36 Å². The first kappa shape index (κ1) is 10.6. The average molecular weight is 238 g/mol. The van der Waals surface area contributed by atoms with E-state index in [1.165, 1.54) is 0 Å². The Hall–Kier alpha value is -0.890. The Morgan fingerprint density at radius 2 is 2.13 bits per heavy atom. The number of hydrogen-bond acceptors (Lipinski definition) is 5. The molecule has 2 rings (SSSR count). The molecule has 3 N–H and O–H groups in total. The highest BCUT2D eigenvalue weighted by atomic mass is 32.1. The van der Waals surface area contributed by atoms with Crippen LogP contribution in [-0.2, 0) is 6.18 Å². The minimum atomic E-state index is -4.48. The Kier molecular flexibility index (Phi) is 2.34. The fourth-order valence-corrected chi connectivity index (χ4v) is 1.85. The van der Waals surface area contributed by atoms with E-state index in [2.05, 4.69) is 14.7 Å². The summed E-state index contributed by atoms with van der Waals surface area (Å²) in [7, 11) is 0. The standard InChI is InChI=1S/C7H9F3N4S/c8-7(9,10)4-12-5(15-14-4)13-6(3-11)1-2-6/h1-3,11H2,(H,12,13,14). The predicted octanol–water partition coefficient (Wildman–Crippen LogP) is 1.46. The van der Waals surface area contributed by atoms with Gasteiger partial charge in [-0.3, -0.25) is 0 Å². The molecule has 0 saturated heterocycles. The Balaban J connectivity index is 2.08. The van der Waals surface area contributed by atoms with E-state index >= 15 is 0 Å². The van der Waals surface area contributed by atoms with E-state index in [9.17, 15) is 13.2 Å². The Morgan fingerprint density at radius 1 is 1.47 bits per heavy atom. The number of alkyl halides is 3. The van der Waals surface area contributed by atoms with Gasteiger partial charge in [0.2, 0.25) is 11.0 Å². The van der Waals surface area contributed by atoms with Crippen LogP contribution in [0.4, 0.5) is 18.3 Å². The van der Waals surface area contributed by atoms with Crippen LogP contribution in [0.2, 0.25) is 0 Å². The normalized spacial score (nSPS) is 18.9. The molecule has 0 aromatic carbocycles. The van der Waals surface area contributed by atoms with Gasteiger partial charge in [0.15, 0.2) is 0 Å². The second-order valence-corrected chi connectivity index (χ2v) is 4.28. The number of halogens is 3. The van der Waals surface area contributed by atoms with Crippen molar-refractivity contribution in [1.29, 1.82) is 0 Å². The number of nitrogens with one attached hydrogen (secondary N) is 1. The van der Waals surface area contributed by atoms with Crippen molar-refractivity contribution < 1.29 is 13.2 Å². The number of hydrogen-bond donors (Lipinski definition) is 2. The first-order valence-corrected chi connectivity index (χ1v) is 5.12. The van der Waals surface area contributed by atoms with Crippen molar-refractivity contribution >= 4 is 16.7 Å². The molecule has 84 valence electrons. The summed E-state index contributed by atoms with van der Waals surface area (Å²) >= 11 is 0.711. The third-order valence-corrected chi connectivity index (χ3v) is 2.93. The highest BCUT2D eigenvalue weighted by Gasteiger charge is 2.43. The number of nitrogens with zero attached hydrogens (tertiary/aromatic N) is 2. The summed E-state index contributed by atoms with van der Waals surface area (Å²) in [5.41, 5.74) is 5.23. The first-order chi connectivity index (χ1) is 6.95. The Morgan fingerprint density at radius 3 is 2.53 bits per heavy atom. The van der Waals surface area contributed by atoms with Crippen LogP contribution in [0.5, 0.6) is 0 Å². The smallest absolute Gasteiger partial charge is 0.354 e. The van der Waals surface area contributed by atoms with Crippen LogP contribution in [0.3, 0.4) is 0 Å².